The molecule has 0 spiro atoms. The lowest BCUT2D eigenvalue weighted by Gasteiger charge is -2.43. The molecule has 0 radical (unpaired) electrons. The molecule has 0 aromatic heterocycles. The van der Waals surface area contributed by atoms with Crippen molar-refractivity contribution in [1.82, 2.24) is 5.32 Å². The topological polar surface area (TPSA) is 55.1 Å². The number of nitrogens with two attached hydrogens (primary N) is 1. The normalized spacial score (nSPS) is 30.9. The van der Waals surface area contributed by atoms with Crippen molar-refractivity contribution in [3.63, 3.8) is 0 Å². The fraction of sp³-hybridized carbons (Fsp3) is 0.632. The Kier molecular flexibility index (Phi) is 4.53. The van der Waals surface area contributed by atoms with Gasteiger partial charge in [0, 0.05) is 18.5 Å². The van der Waals surface area contributed by atoms with Gasteiger partial charge >= 0.3 is 0 Å². The molecule has 3 heteroatoms. The highest BCUT2D eigenvalue weighted by Crippen LogP contribution is 2.41. The van der Waals surface area contributed by atoms with Gasteiger partial charge in [-0.1, -0.05) is 30.2 Å². The summed E-state index contributed by atoms with van der Waals surface area (Å²) in [7, 11) is 0. The van der Waals surface area contributed by atoms with Crippen LogP contribution in [0.5, 0.6) is 0 Å². The molecule has 2 aliphatic carbocycles. The van der Waals surface area contributed by atoms with Crippen LogP contribution in [0.1, 0.15) is 48.8 Å². The van der Waals surface area contributed by atoms with E-state index in [0.29, 0.717) is 24.4 Å². The SMILES string of the molecule is Cc1ccc(CNC(=O)C2CC3CCCC(C2)C3N)c(C)c1. The van der Waals surface area contributed by atoms with Crippen LogP contribution < -0.4 is 11.1 Å². The van der Waals surface area contributed by atoms with Crippen LogP contribution in [-0.2, 0) is 11.3 Å². The maximum absolute atomic E-state index is 12.5. The molecule has 2 unspecified atom stereocenters. The molecule has 2 bridgehead atoms. The van der Waals surface area contributed by atoms with E-state index in [9.17, 15) is 4.79 Å². The fourth-order valence-corrected chi connectivity index (χ4v) is 4.37. The highest BCUT2D eigenvalue weighted by molar-refractivity contribution is 5.78. The Morgan fingerprint density at radius 3 is 2.55 bits per heavy atom. The summed E-state index contributed by atoms with van der Waals surface area (Å²) >= 11 is 0. The number of amides is 1. The minimum atomic E-state index is 0.167. The van der Waals surface area contributed by atoms with Gasteiger partial charge in [0.1, 0.15) is 0 Å². The van der Waals surface area contributed by atoms with Crippen LogP contribution in [-0.4, -0.2) is 11.9 Å². The van der Waals surface area contributed by atoms with E-state index in [1.807, 2.05) is 0 Å². The highest BCUT2D eigenvalue weighted by atomic mass is 16.1. The smallest absolute Gasteiger partial charge is 0.223 e. The van der Waals surface area contributed by atoms with Gasteiger partial charge in [0.25, 0.3) is 0 Å². The molecular weight excluding hydrogens is 272 g/mol. The molecule has 2 saturated carbocycles. The molecule has 1 aromatic carbocycles. The van der Waals surface area contributed by atoms with Crippen LogP contribution in [0.2, 0.25) is 0 Å². The first-order chi connectivity index (χ1) is 10.5. The second-order valence-corrected chi connectivity index (χ2v) is 7.34. The molecule has 3 rings (SSSR count). The van der Waals surface area contributed by atoms with Gasteiger partial charge in [0.15, 0.2) is 0 Å². The van der Waals surface area contributed by atoms with Gasteiger partial charge in [-0.3, -0.25) is 4.79 Å². The van der Waals surface area contributed by atoms with E-state index in [1.54, 1.807) is 0 Å². The van der Waals surface area contributed by atoms with Crippen LogP contribution in [0.3, 0.4) is 0 Å². The van der Waals surface area contributed by atoms with Gasteiger partial charge in [-0.2, -0.15) is 0 Å². The number of benzene rings is 1. The quantitative estimate of drug-likeness (QED) is 0.901. The molecule has 3 nitrogen and oxygen atoms in total. The predicted molar refractivity (Wildman–Crippen MR) is 89.3 cm³/mol. The lowest BCUT2D eigenvalue weighted by molar-refractivity contribution is -0.128. The first kappa shape index (κ1) is 15.5. The summed E-state index contributed by atoms with van der Waals surface area (Å²) in [5.41, 5.74) is 10.0. The number of aryl methyl sites for hydroxylation is 2. The number of carbonyl (C=O) groups excluding carboxylic acids is 1. The summed E-state index contributed by atoms with van der Waals surface area (Å²) in [6, 6.07) is 6.73. The molecule has 1 aromatic rings. The minimum Gasteiger partial charge on any atom is -0.352 e. The van der Waals surface area contributed by atoms with E-state index in [1.165, 1.54) is 36.0 Å². The van der Waals surface area contributed by atoms with Crippen molar-refractivity contribution >= 4 is 5.91 Å². The molecule has 1 amide bonds. The van der Waals surface area contributed by atoms with Crippen molar-refractivity contribution in [2.75, 3.05) is 0 Å². The molecular formula is C19H28N2O. The van der Waals surface area contributed by atoms with Gasteiger partial charge in [0.05, 0.1) is 0 Å². The van der Waals surface area contributed by atoms with Crippen LogP contribution in [0, 0.1) is 31.6 Å². The van der Waals surface area contributed by atoms with E-state index < -0.39 is 0 Å². The standard InChI is InChI=1S/C19H28N2O/c1-12-6-7-16(13(2)8-12)11-21-19(22)17-9-14-4-3-5-15(10-17)18(14)20/h6-8,14-15,17-18H,3-5,9-11,20H2,1-2H3,(H,21,22). The summed E-state index contributed by atoms with van der Waals surface area (Å²) in [5, 5.41) is 3.15. The summed E-state index contributed by atoms with van der Waals surface area (Å²) in [5.74, 6) is 1.51. The second-order valence-electron chi connectivity index (χ2n) is 7.34. The Morgan fingerprint density at radius 1 is 1.23 bits per heavy atom. The van der Waals surface area contributed by atoms with Crippen LogP contribution in [0.4, 0.5) is 0 Å². The zero-order valence-electron chi connectivity index (χ0n) is 13.8. The average molecular weight is 300 g/mol. The number of fused-ring (bicyclic) bond motifs is 2. The highest BCUT2D eigenvalue weighted by Gasteiger charge is 2.40. The molecule has 120 valence electrons. The van der Waals surface area contributed by atoms with Crippen molar-refractivity contribution in [2.45, 2.75) is 58.5 Å². The van der Waals surface area contributed by atoms with Gasteiger partial charge in [0.2, 0.25) is 5.91 Å². The molecule has 0 aliphatic heterocycles. The Hall–Kier alpha value is -1.35. The maximum atomic E-state index is 12.5. The van der Waals surface area contributed by atoms with Crippen LogP contribution in [0.15, 0.2) is 18.2 Å². The van der Waals surface area contributed by atoms with Gasteiger partial charge in [-0.15, -0.1) is 0 Å². The number of hydrogen-bond donors (Lipinski definition) is 2. The largest absolute Gasteiger partial charge is 0.352 e. The number of carbonyl (C=O) groups is 1. The molecule has 2 atom stereocenters. The van der Waals surface area contributed by atoms with E-state index in [4.69, 9.17) is 5.73 Å². The van der Waals surface area contributed by atoms with E-state index >= 15 is 0 Å². The molecule has 2 aliphatic rings. The summed E-state index contributed by atoms with van der Waals surface area (Å²) in [4.78, 5) is 12.5. The molecule has 22 heavy (non-hydrogen) atoms. The van der Waals surface area contributed by atoms with Crippen molar-refractivity contribution in [3.05, 3.63) is 34.9 Å². The van der Waals surface area contributed by atoms with E-state index in [-0.39, 0.29) is 11.8 Å². The Labute approximate surface area is 133 Å². The van der Waals surface area contributed by atoms with Crippen molar-refractivity contribution < 1.29 is 4.79 Å². The second kappa shape index (κ2) is 6.41. The third-order valence-corrected chi connectivity index (χ3v) is 5.73. The first-order valence-electron chi connectivity index (χ1n) is 8.64. The summed E-state index contributed by atoms with van der Waals surface area (Å²) in [6.07, 6.45) is 5.67. The average Bonchev–Trinajstić information content (AvgIpc) is 2.45. The Balaban J connectivity index is 1.58. The van der Waals surface area contributed by atoms with Gasteiger partial charge < -0.3 is 11.1 Å². The van der Waals surface area contributed by atoms with Gasteiger partial charge in [-0.25, -0.2) is 0 Å². The summed E-state index contributed by atoms with van der Waals surface area (Å²) in [6.45, 7) is 4.85. The first-order valence-corrected chi connectivity index (χ1v) is 8.64. The van der Waals surface area contributed by atoms with E-state index in [2.05, 4.69) is 37.4 Å². The molecule has 3 N–H and O–H groups in total. The Bertz CT molecular complexity index is 540. The number of rotatable bonds is 3. The zero-order chi connectivity index (χ0) is 15.7. The van der Waals surface area contributed by atoms with Crippen molar-refractivity contribution in [3.8, 4) is 0 Å². The fourth-order valence-electron chi connectivity index (χ4n) is 4.37. The van der Waals surface area contributed by atoms with E-state index in [0.717, 1.165) is 12.8 Å². The molecule has 0 saturated heterocycles. The Morgan fingerprint density at radius 2 is 1.91 bits per heavy atom. The minimum absolute atomic E-state index is 0.167. The molecule has 0 heterocycles. The maximum Gasteiger partial charge on any atom is 0.223 e. The number of hydrogen-bond acceptors (Lipinski definition) is 2. The van der Waals surface area contributed by atoms with Crippen LogP contribution in [0.25, 0.3) is 0 Å². The van der Waals surface area contributed by atoms with Gasteiger partial charge in [-0.05, 0) is 62.5 Å². The van der Waals surface area contributed by atoms with Crippen molar-refractivity contribution in [1.29, 1.82) is 0 Å². The lowest BCUT2D eigenvalue weighted by atomic mass is 9.65. The molecule has 2 fully saturated rings. The zero-order valence-corrected chi connectivity index (χ0v) is 13.8. The monoisotopic (exact) mass is 300 g/mol. The van der Waals surface area contributed by atoms with Crippen LogP contribution >= 0.6 is 0 Å². The predicted octanol–water partition coefficient (Wildman–Crippen LogP) is 3.07. The summed E-state index contributed by atoms with van der Waals surface area (Å²) < 4.78 is 0. The lowest BCUT2D eigenvalue weighted by Crippen LogP contribution is -2.49. The third-order valence-electron chi connectivity index (χ3n) is 5.73. The number of nitrogens with one attached hydrogen (secondary N) is 1. The van der Waals surface area contributed by atoms with Crippen molar-refractivity contribution in [2.24, 2.45) is 23.5 Å². The third kappa shape index (κ3) is 3.19.